The highest BCUT2D eigenvalue weighted by Crippen LogP contribution is 2.28. The van der Waals surface area contributed by atoms with Crippen LogP contribution in [0.15, 0.2) is 48.5 Å². The molecule has 0 aliphatic carbocycles. The quantitative estimate of drug-likeness (QED) is 0.386. The van der Waals surface area contributed by atoms with Gasteiger partial charge in [0.1, 0.15) is 12.6 Å². The number of carbonyl (C=O) groups is 6. The average Bonchev–Trinajstić information content (AvgIpc) is 3.00. The molecule has 3 rings (SSSR count). The van der Waals surface area contributed by atoms with Gasteiger partial charge in [0.05, 0.1) is 37.9 Å². The van der Waals surface area contributed by atoms with Crippen molar-refractivity contribution in [2.45, 2.75) is 38.3 Å². The van der Waals surface area contributed by atoms with E-state index in [0.29, 0.717) is 11.3 Å². The third kappa shape index (κ3) is 7.63. The number of hydrogen-bond acceptors (Lipinski definition) is 8. The van der Waals surface area contributed by atoms with Crippen molar-refractivity contribution in [3.8, 4) is 0 Å². The zero-order valence-corrected chi connectivity index (χ0v) is 21.8. The van der Waals surface area contributed by atoms with Crippen molar-refractivity contribution in [2.75, 3.05) is 31.4 Å². The highest BCUT2D eigenvalue weighted by Gasteiger charge is 2.37. The number of nitrogens with zero attached hydrogens (tertiary/aromatic N) is 1. The zero-order valence-electron chi connectivity index (χ0n) is 21.8. The molecule has 4 amide bonds. The largest absolute Gasteiger partial charge is 0.469 e. The van der Waals surface area contributed by atoms with Crippen LogP contribution in [0.2, 0.25) is 0 Å². The minimum absolute atomic E-state index is 0.0529. The van der Waals surface area contributed by atoms with Crippen LogP contribution in [0, 0.1) is 0 Å². The summed E-state index contributed by atoms with van der Waals surface area (Å²) in [5, 5.41) is 8.00. The molecule has 1 aliphatic rings. The van der Waals surface area contributed by atoms with Crippen LogP contribution in [-0.4, -0.2) is 67.3 Å². The smallest absolute Gasteiger partial charge is 0.307 e. The molecule has 0 bridgehead atoms. The summed E-state index contributed by atoms with van der Waals surface area (Å²) >= 11 is 0. The normalized spacial score (nSPS) is 15.3. The lowest BCUT2D eigenvalue weighted by Gasteiger charge is -2.29. The Balaban J connectivity index is 1.93. The van der Waals surface area contributed by atoms with Crippen molar-refractivity contribution in [1.82, 2.24) is 10.2 Å². The number of fused-ring (bicyclic) bond motifs is 1. The predicted molar refractivity (Wildman–Crippen MR) is 139 cm³/mol. The second-order valence-corrected chi connectivity index (χ2v) is 8.81. The van der Waals surface area contributed by atoms with Crippen LogP contribution in [0.5, 0.6) is 0 Å². The number of methoxy groups -OCH3 is 2. The van der Waals surface area contributed by atoms with Gasteiger partial charge in [-0.3, -0.25) is 28.8 Å². The SMILES string of the molecule is COC(=O)CCC1C(=O)Nc2ccc(NC(C)=O)cc2C(=O)N1CC(=O)NC(CC(=O)OC)c1ccccc1. The van der Waals surface area contributed by atoms with Gasteiger partial charge in [-0.25, -0.2) is 0 Å². The van der Waals surface area contributed by atoms with Crippen LogP contribution < -0.4 is 16.0 Å². The van der Waals surface area contributed by atoms with Gasteiger partial charge in [-0.15, -0.1) is 0 Å². The lowest BCUT2D eigenvalue weighted by Crippen LogP contribution is -2.50. The number of rotatable bonds is 10. The summed E-state index contributed by atoms with van der Waals surface area (Å²) in [5.74, 6) is -3.39. The van der Waals surface area contributed by atoms with E-state index in [0.717, 1.165) is 4.90 Å². The molecule has 2 unspecified atom stereocenters. The second-order valence-electron chi connectivity index (χ2n) is 8.81. The van der Waals surface area contributed by atoms with E-state index in [4.69, 9.17) is 4.74 Å². The van der Waals surface area contributed by atoms with Crippen molar-refractivity contribution in [2.24, 2.45) is 0 Å². The van der Waals surface area contributed by atoms with Crippen molar-refractivity contribution < 1.29 is 38.2 Å². The Morgan fingerprint density at radius 1 is 1.00 bits per heavy atom. The highest BCUT2D eigenvalue weighted by molar-refractivity contribution is 6.11. The maximum Gasteiger partial charge on any atom is 0.307 e. The molecule has 1 heterocycles. The van der Waals surface area contributed by atoms with Gasteiger partial charge in [0, 0.05) is 19.0 Å². The molecule has 2 aromatic carbocycles. The molecule has 39 heavy (non-hydrogen) atoms. The van der Waals surface area contributed by atoms with Crippen LogP contribution in [-0.2, 0) is 33.4 Å². The van der Waals surface area contributed by atoms with Gasteiger partial charge in [-0.05, 0) is 30.2 Å². The topological polar surface area (TPSA) is 160 Å². The fourth-order valence-corrected chi connectivity index (χ4v) is 4.17. The Morgan fingerprint density at radius 2 is 1.69 bits per heavy atom. The van der Waals surface area contributed by atoms with E-state index in [1.165, 1.54) is 39.3 Å². The lowest BCUT2D eigenvalue weighted by atomic mass is 10.0. The lowest BCUT2D eigenvalue weighted by molar-refractivity contribution is -0.142. The van der Waals surface area contributed by atoms with E-state index >= 15 is 0 Å². The summed E-state index contributed by atoms with van der Waals surface area (Å²) in [6.45, 7) is 0.763. The van der Waals surface area contributed by atoms with Gasteiger partial charge in [0.25, 0.3) is 5.91 Å². The van der Waals surface area contributed by atoms with Crippen LogP contribution in [0.3, 0.4) is 0 Å². The molecule has 12 nitrogen and oxygen atoms in total. The molecule has 0 radical (unpaired) electrons. The third-order valence-electron chi connectivity index (χ3n) is 6.07. The number of carbonyl (C=O) groups excluding carboxylic acids is 6. The summed E-state index contributed by atoms with van der Waals surface area (Å²) in [5.41, 5.74) is 1.21. The second kappa shape index (κ2) is 13.2. The molecule has 1 aliphatic heterocycles. The van der Waals surface area contributed by atoms with E-state index in [1.807, 2.05) is 0 Å². The first-order valence-corrected chi connectivity index (χ1v) is 12.1. The molecule has 206 valence electrons. The van der Waals surface area contributed by atoms with Gasteiger partial charge in [-0.1, -0.05) is 30.3 Å². The summed E-state index contributed by atoms with van der Waals surface area (Å²) < 4.78 is 9.44. The molecular formula is C27H30N4O8. The number of esters is 2. The molecule has 0 spiro atoms. The average molecular weight is 539 g/mol. The summed E-state index contributed by atoms with van der Waals surface area (Å²) in [7, 11) is 2.44. The molecule has 0 saturated carbocycles. The predicted octanol–water partition coefficient (Wildman–Crippen LogP) is 1.78. The van der Waals surface area contributed by atoms with Crippen LogP contribution >= 0.6 is 0 Å². The fraction of sp³-hybridized carbons (Fsp3) is 0.333. The Morgan fingerprint density at radius 3 is 2.33 bits per heavy atom. The Bertz CT molecular complexity index is 1260. The van der Waals surface area contributed by atoms with Gasteiger partial charge >= 0.3 is 11.9 Å². The molecular weight excluding hydrogens is 508 g/mol. The molecule has 2 aromatic rings. The standard InChI is InChI=1S/C27H30N4O8/c1-16(32)28-18-9-10-20-19(13-18)27(37)31(22(26(36)30-20)11-12-24(34)38-2)15-23(33)29-21(14-25(35)39-3)17-7-5-4-6-8-17/h4-10,13,21-22H,11-12,14-15H2,1-3H3,(H,28,32)(H,29,33)(H,30,36). The number of benzene rings is 2. The van der Waals surface area contributed by atoms with Gasteiger partial charge in [0.2, 0.25) is 17.7 Å². The molecule has 2 atom stereocenters. The molecule has 3 N–H and O–H groups in total. The van der Waals surface area contributed by atoms with Gasteiger partial charge in [0.15, 0.2) is 0 Å². The van der Waals surface area contributed by atoms with Crippen LogP contribution in [0.1, 0.15) is 48.1 Å². The Labute approximate surface area is 225 Å². The number of anilines is 2. The van der Waals surface area contributed by atoms with E-state index in [-0.39, 0.29) is 36.4 Å². The third-order valence-corrected chi connectivity index (χ3v) is 6.07. The van der Waals surface area contributed by atoms with Crippen LogP contribution in [0.4, 0.5) is 11.4 Å². The Hall–Kier alpha value is -4.74. The molecule has 0 fully saturated rings. The fourth-order valence-electron chi connectivity index (χ4n) is 4.17. The van der Waals surface area contributed by atoms with E-state index < -0.39 is 48.3 Å². The number of ether oxygens (including phenoxy) is 2. The first-order chi connectivity index (χ1) is 18.6. The first-order valence-electron chi connectivity index (χ1n) is 12.1. The number of hydrogen-bond donors (Lipinski definition) is 3. The van der Waals surface area contributed by atoms with Crippen molar-refractivity contribution >= 4 is 46.9 Å². The van der Waals surface area contributed by atoms with Gasteiger partial charge < -0.3 is 30.3 Å². The van der Waals surface area contributed by atoms with Gasteiger partial charge in [-0.2, -0.15) is 0 Å². The van der Waals surface area contributed by atoms with Crippen molar-refractivity contribution in [1.29, 1.82) is 0 Å². The van der Waals surface area contributed by atoms with Crippen molar-refractivity contribution in [3.63, 3.8) is 0 Å². The molecule has 0 aromatic heterocycles. The summed E-state index contributed by atoms with van der Waals surface area (Å²) in [6, 6.07) is 11.2. The zero-order chi connectivity index (χ0) is 28.5. The van der Waals surface area contributed by atoms with E-state index in [2.05, 4.69) is 20.7 Å². The molecule has 12 heteroatoms. The summed E-state index contributed by atoms with van der Waals surface area (Å²) in [4.78, 5) is 76.6. The maximum atomic E-state index is 13.7. The summed E-state index contributed by atoms with van der Waals surface area (Å²) in [6.07, 6.45) is -0.438. The monoisotopic (exact) mass is 538 g/mol. The van der Waals surface area contributed by atoms with Crippen molar-refractivity contribution in [3.05, 3.63) is 59.7 Å². The minimum atomic E-state index is -1.19. The highest BCUT2D eigenvalue weighted by atomic mass is 16.5. The maximum absolute atomic E-state index is 13.7. The first kappa shape index (κ1) is 28.8. The molecule has 0 saturated heterocycles. The Kier molecular flexibility index (Phi) is 9.74. The number of amides is 4. The van der Waals surface area contributed by atoms with E-state index in [9.17, 15) is 28.8 Å². The van der Waals surface area contributed by atoms with E-state index in [1.54, 1.807) is 30.3 Å². The number of nitrogens with one attached hydrogen (secondary N) is 3. The van der Waals surface area contributed by atoms with Crippen LogP contribution in [0.25, 0.3) is 0 Å². The minimum Gasteiger partial charge on any atom is -0.469 e.